The van der Waals surface area contributed by atoms with Gasteiger partial charge in [-0.15, -0.1) is 0 Å². The van der Waals surface area contributed by atoms with E-state index in [1.165, 1.54) is 0 Å². The second kappa shape index (κ2) is 5.87. The number of rotatable bonds is 3. The minimum Gasteiger partial charge on any atom is -0.494 e. The normalized spacial score (nSPS) is 13.1. The van der Waals surface area contributed by atoms with Gasteiger partial charge in [-0.05, 0) is 24.3 Å². The third kappa shape index (κ3) is 2.50. The molecular formula is C19H15N5O3. The van der Waals surface area contributed by atoms with Gasteiger partial charge >= 0.3 is 0 Å². The molecule has 0 spiro atoms. The van der Waals surface area contributed by atoms with Crippen molar-refractivity contribution < 1.29 is 14.3 Å². The highest BCUT2D eigenvalue weighted by molar-refractivity contribution is 6.10. The topological polar surface area (TPSA) is 101 Å². The van der Waals surface area contributed by atoms with E-state index in [0.717, 1.165) is 27.5 Å². The van der Waals surface area contributed by atoms with Gasteiger partial charge < -0.3 is 20.1 Å². The predicted octanol–water partition coefficient (Wildman–Crippen LogP) is 3.19. The van der Waals surface area contributed by atoms with Crippen LogP contribution in [0.5, 0.6) is 11.5 Å². The number of carbonyl (C=O) groups is 1. The number of fused-ring (bicyclic) bond motifs is 4. The maximum Gasteiger partial charge on any atom is 0.262 e. The Balaban J connectivity index is 1.63. The monoisotopic (exact) mass is 361 g/mol. The molecule has 0 fully saturated rings. The highest BCUT2D eigenvalue weighted by Crippen LogP contribution is 2.35. The Morgan fingerprint density at radius 1 is 1.22 bits per heavy atom. The summed E-state index contributed by atoms with van der Waals surface area (Å²) in [5, 5.41) is 15.2. The van der Waals surface area contributed by atoms with Crippen molar-refractivity contribution in [2.24, 2.45) is 0 Å². The fourth-order valence-corrected chi connectivity index (χ4v) is 3.25. The molecule has 0 saturated heterocycles. The standard InChI is InChI=1S/C19H15N5O3/c1-26-15-4-2-3-11-12-8-20-24-18(12)19(23-17(11)15)21-10-5-6-14-13(7-10)22-16(25)9-27-14/h2-8H,9H2,1H3,(H,20,24)(H,21,23)(H,22,25). The van der Waals surface area contributed by atoms with Gasteiger partial charge in [-0.2, -0.15) is 5.10 Å². The number of nitrogens with zero attached hydrogens (tertiary/aromatic N) is 2. The van der Waals surface area contributed by atoms with Gasteiger partial charge in [0, 0.05) is 16.5 Å². The van der Waals surface area contributed by atoms with Gasteiger partial charge in [-0.1, -0.05) is 12.1 Å². The summed E-state index contributed by atoms with van der Waals surface area (Å²) in [4.78, 5) is 16.3. The van der Waals surface area contributed by atoms with Gasteiger partial charge in [0.25, 0.3) is 5.91 Å². The number of para-hydroxylation sites is 1. The molecular weight excluding hydrogens is 346 g/mol. The Morgan fingerprint density at radius 3 is 3.04 bits per heavy atom. The first-order valence-electron chi connectivity index (χ1n) is 8.36. The van der Waals surface area contributed by atoms with Crippen LogP contribution in [0.25, 0.3) is 21.8 Å². The number of aromatic nitrogens is 3. The van der Waals surface area contributed by atoms with Crippen LogP contribution in [0.3, 0.4) is 0 Å². The summed E-state index contributed by atoms with van der Waals surface area (Å²) >= 11 is 0. The smallest absolute Gasteiger partial charge is 0.262 e. The SMILES string of the molecule is COc1cccc2c1nc(Nc1ccc3c(c1)NC(=O)CO3)c1[nH]ncc12. The number of amides is 1. The van der Waals surface area contributed by atoms with E-state index in [4.69, 9.17) is 14.5 Å². The van der Waals surface area contributed by atoms with Crippen molar-refractivity contribution in [1.82, 2.24) is 15.2 Å². The van der Waals surface area contributed by atoms with E-state index in [0.29, 0.717) is 23.0 Å². The van der Waals surface area contributed by atoms with Crippen LogP contribution in [0.1, 0.15) is 0 Å². The summed E-state index contributed by atoms with van der Waals surface area (Å²) in [6.07, 6.45) is 1.77. The number of carbonyl (C=O) groups excluding carboxylic acids is 1. The van der Waals surface area contributed by atoms with Crippen LogP contribution >= 0.6 is 0 Å². The third-order valence-corrected chi connectivity index (χ3v) is 4.48. The second-order valence-electron chi connectivity index (χ2n) is 6.15. The number of methoxy groups -OCH3 is 1. The third-order valence-electron chi connectivity index (χ3n) is 4.48. The first kappa shape index (κ1) is 15.4. The molecule has 2 aromatic heterocycles. The quantitative estimate of drug-likeness (QED) is 0.518. The molecule has 27 heavy (non-hydrogen) atoms. The van der Waals surface area contributed by atoms with Gasteiger partial charge in [0.15, 0.2) is 12.4 Å². The molecule has 3 heterocycles. The molecule has 134 valence electrons. The van der Waals surface area contributed by atoms with Gasteiger partial charge in [0.05, 0.1) is 19.0 Å². The fourth-order valence-electron chi connectivity index (χ4n) is 3.25. The number of ether oxygens (including phenoxy) is 2. The Hall–Kier alpha value is -3.81. The Labute approximate surface area is 153 Å². The van der Waals surface area contributed by atoms with E-state index in [1.807, 2.05) is 36.4 Å². The zero-order valence-corrected chi connectivity index (χ0v) is 14.4. The van der Waals surface area contributed by atoms with Gasteiger partial charge in [0.1, 0.15) is 22.5 Å². The number of anilines is 3. The van der Waals surface area contributed by atoms with E-state index < -0.39 is 0 Å². The molecule has 0 radical (unpaired) electrons. The molecule has 3 N–H and O–H groups in total. The zero-order valence-electron chi connectivity index (χ0n) is 14.4. The summed E-state index contributed by atoms with van der Waals surface area (Å²) in [5.41, 5.74) is 2.91. The predicted molar refractivity (Wildman–Crippen MR) is 102 cm³/mol. The highest BCUT2D eigenvalue weighted by Gasteiger charge is 2.17. The Morgan fingerprint density at radius 2 is 2.15 bits per heavy atom. The van der Waals surface area contributed by atoms with Crippen molar-refractivity contribution >= 4 is 44.9 Å². The van der Waals surface area contributed by atoms with Crippen LogP contribution in [-0.4, -0.2) is 34.8 Å². The molecule has 0 saturated carbocycles. The Bertz CT molecular complexity index is 1200. The van der Waals surface area contributed by atoms with Crippen molar-refractivity contribution in [2.45, 2.75) is 0 Å². The number of hydrogen-bond donors (Lipinski definition) is 3. The zero-order chi connectivity index (χ0) is 18.4. The number of pyridine rings is 1. The molecule has 5 rings (SSSR count). The summed E-state index contributed by atoms with van der Waals surface area (Å²) in [5.74, 6) is 1.76. The second-order valence-corrected chi connectivity index (χ2v) is 6.15. The lowest BCUT2D eigenvalue weighted by atomic mass is 10.1. The average Bonchev–Trinajstić information content (AvgIpc) is 3.18. The molecule has 2 aromatic carbocycles. The van der Waals surface area contributed by atoms with Crippen LogP contribution in [-0.2, 0) is 4.79 Å². The van der Waals surface area contributed by atoms with E-state index in [9.17, 15) is 4.79 Å². The molecule has 0 unspecified atom stereocenters. The summed E-state index contributed by atoms with van der Waals surface area (Å²) in [6.45, 7) is 0.0283. The molecule has 8 heteroatoms. The van der Waals surface area contributed by atoms with Crippen LogP contribution in [0, 0.1) is 0 Å². The molecule has 1 aliphatic rings. The number of H-pyrrole nitrogens is 1. The van der Waals surface area contributed by atoms with Crippen molar-refractivity contribution in [3.63, 3.8) is 0 Å². The summed E-state index contributed by atoms with van der Waals surface area (Å²) < 4.78 is 10.9. The Kier molecular flexibility index (Phi) is 3.36. The van der Waals surface area contributed by atoms with Crippen LogP contribution in [0.4, 0.5) is 17.2 Å². The minimum absolute atomic E-state index is 0.0283. The number of nitrogens with one attached hydrogen (secondary N) is 3. The molecule has 0 bridgehead atoms. The molecule has 4 aromatic rings. The van der Waals surface area contributed by atoms with Gasteiger partial charge in [-0.25, -0.2) is 4.98 Å². The molecule has 1 amide bonds. The lowest BCUT2D eigenvalue weighted by molar-refractivity contribution is -0.118. The number of hydrogen-bond acceptors (Lipinski definition) is 6. The molecule has 1 aliphatic heterocycles. The minimum atomic E-state index is -0.177. The van der Waals surface area contributed by atoms with Crippen molar-refractivity contribution in [2.75, 3.05) is 24.4 Å². The highest BCUT2D eigenvalue weighted by atomic mass is 16.5. The summed E-state index contributed by atoms with van der Waals surface area (Å²) in [6, 6.07) is 11.3. The maximum atomic E-state index is 11.6. The maximum absolute atomic E-state index is 11.6. The number of benzene rings is 2. The largest absolute Gasteiger partial charge is 0.494 e. The lowest BCUT2D eigenvalue weighted by Crippen LogP contribution is -2.25. The first-order valence-corrected chi connectivity index (χ1v) is 8.36. The van der Waals surface area contributed by atoms with E-state index in [2.05, 4.69) is 20.8 Å². The average molecular weight is 361 g/mol. The molecule has 0 aliphatic carbocycles. The van der Waals surface area contributed by atoms with Crippen molar-refractivity contribution in [1.29, 1.82) is 0 Å². The lowest BCUT2D eigenvalue weighted by Gasteiger charge is -2.19. The van der Waals surface area contributed by atoms with Crippen LogP contribution < -0.4 is 20.1 Å². The van der Waals surface area contributed by atoms with Crippen molar-refractivity contribution in [3.05, 3.63) is 42.6 Å². The van der Waals surface area contributed by atoms with E-state index >= 15 is 0 Å². The van der Waals surface area contributed by atoms with Gasteiger partial charge in [-0.3, -0.25) is 9.89 Å². The van der Waals surface area contributed by atoms with E-state index in [1.54, 1.807) is 13.3 Å². The summed E-state index contributed by atoms with van der Waals surface area (Å²) in [7, 11) is 1.62. The molecule has 0 atom stereocenters. The van der Waals surface area contributed by atoms with Gasteiger partial charge in [0.2, 0.25) is 0 Å². The fraction of sp³-hybridized carbons (Fsp3) is 0.105. The van der Waals surface area contributed by atoms with E-state index in [-0.39, 0.29) is 12.5 Å². The van der Waals surface area contributed by atoms with Crippen LogP contribution in [0.2, 0.25) is 0 Å². The number of aromatic amines is 1. The first-order chi connectivity index (χ1) is 13.2. The van der Waals surface area contributed by atoms with Crippen molar-refractivity contribution in [3.8, 4) is 11.5 Å². The van der Waals surface area contributed by atoms with Crippen LogP contribution in [0.15, 0.2) is 42.6 Å². The molecule has 8 nitrogen and oxygen atoms in total.